The number of carbonyl (C=O) groups is 2. The summed E-state index contributed by atoms with van der Waals surface area (Å²) in [6, 6.07) is 0.101. The standard InChI is InChI=1S/C16H28N2O4/c1-3-22-14-8-9-18(10-11(14)2)16(21)17-13-6-4-12(5-7-13)15(19)20/h11-14H,3-10H2,1-2H3,(H,17,21)(H,19,20). The lowest BCUT2D eigenvalue weighted by Crippen LogP contribution is -2.52. The number of piperidine rings is 1. The molecule has 1 aliphatic carbocycles. The molecule has 126 valence electrons. The van der Waals surface area contributed by atoms with E-state index >= 15 is 0 Å². The Bertz CT molecular complexity index is 394. The van der Waals surface area contributed by atoms with E-state index in [1.54, 1.807) is 0 Å². The second-order valence-corrected chi connectivity index (χ2v) is 6.54. The summed E-state index contributed by atoms with van der Waals surface area (Å²) >= 11 is 0. The Labute approximate surface area is 132 Å². The number of ether oxygens (including phenoxy) is 1. The molecule has 2 unspecified atom stereocenters. The summed E-state index contributed by atoms with van der Waals surface area (Å²) in [6.07, 6.45) is 3.96. The highest BCUT2D eigenvalue weighted by molar-refractivity contribution is 5.75. The molecule has 0 aromatic carbocycles. The highest BCUT2D eigenvalue weighted by Gasteiger charge is 2.31. The summed E-state index contributed by atoms with van der Waals surface area (Å²) in [7, 11) is 0. The average molecular weight is 312 g/mol. The SMILES string of the molecule is CCOC1CCN(C(=O)NC2CCC(C(=O)O)CC2)CC1C. The molecule has 0 aromatic heterocycles. The number of carbonyl (C=O) groups excluding carboxylic acids is 1. The maximum atomic E-state index is 12.3. The zero-order valence-corrected chi connectivity index (χ0v) is 13.6. The van der Waals surface area contributed by atoms with Crippen LogP contribution < -0.4 is 5.32 Å². The van der Waals surface area contributed by atoms with Crippen molar-refractivity contribution in [2.75, 3.05) is 19.7 Å². The lowest BCUT2D eigenvalue weighted by Gasteiger charge is -2.37. The van der Waals surface area contributed by atoms with E-state index in [1.807, 2.05) is 11.8 Å². The fourth-order valence-electron chi connectivity index (χ4n) is 3.52. The minimum atomic E-state index is -0.711. The van der Waals surface area contributed by atoms with Gasteiger partial charge in [0.15, 0.2) is 0 Å². The van der Waals surface area contributed by atoms with E-state index in [0.717, 1.165) is 32.4 Å². The van der Waals surface area contributed by atoms with Crippen LogP contribution in [0.15, 0.2) is 0 Å². The monoisotopic (exact) mass is 312 g/mol. The van der Waals surface area contributed by atoms with Gasteiger partial charge in [-0.2, -0.15) is 0 Å². The summed E-state index contributed by atoms with van der Waals surface area (Å²) in [6.45, 7) is 6.29. The van der Waals surface area contributed by atoms with Crippen molar-refractivity contribution >= 4 is 12.0 Å². The van der Waals surface area contributed by atoms with E-state index in [1.165, 1.54) is 0 Å². The van der Waals surface area contributed by atoms with Crippen molar-refractivity contribution in [3.8, 4) is 0 Å². The Morgan fingerprint density at radius 3 is 2.45 bits per heavy atom. The summed E-state index contributed by atoms with van der Waals surface area (Å²) < 4.78 is 5.69. The number of carboxylic acid groups (broad SMARTS) is 1. The topological polar surface area (TPSA) is 78.9 Å². The molecule has 2 aliphatic rings. The maximum absolute atomic E-state index is 12.3. The van der Waals surface area contributed by atoms with Gasteiger partial charge in [0.2, 0.25) is 0 Å². The summed E-state index contributed by atoms with van der Waals surface area (Å²) in [4.78, 5) is 25.2. The van der Waals surface area contributed by atoms with Gasteiger partial charge in [-0.3, -0.25) is 4.79 Å². The minimum absolute atomic E-state index is 0.0134. The third-order valence-corrected chi connectivity index (χ3v) is 4.90. The Kier molecular flexibility index (Phi) is 6.06. The molecule has 0 radical (unpaired) electrons. The van der Waals surface area contributed by atoms with Crippen molar-refractivity contribution in [1.82, 2.24) is 10.2 Å². The Morgan fingerprint density at radius 1 is 1.23 bits per heavy atom. The molecule has 2 fully saturated rings. The highest BCUT2D eigenvalue weighted by atomic mass is 16.5. The van der Waals surface area contributed by atoms with Crippen LogP contribution in [0.1, 0.15) is 46.0 Å². The Hall–Kier alpha value is -1.30. The zero-order valence-electron chi connectivity index (χ0n) is 13.6. The molecule has 22 heavy (non-hydrogen) atoms. The quantitative estimate of drug-likeness (QED) is 0.833. The molecular formula is C16H28N2O4. The first-order chi connectivity index (χ1) is 10.5. The van der Waals surface area contributed by atoms with Crippen molar-refractivity contribution in [2.24, 2.45) is 11.8 Å². The highest BCUT2D eigenvalue weighted by Crippen LogP contribution is 2.25. The normalized spacial score (nSPS) is 32.5. The van der Waals surface area contributed by atoms with Gasteiger partial charge in [-0.25, -0.2) is 4.79 Å². The molecule has 0 bridgehead atoms. The third kappa shape index (κ3) is 4.35. The fraction of sp³-hybridized carbons (Fsp3) is 0.875. The van der Waals surface area contributed by atoms with Crippen molar-refractivity contribution < 1.29 is 19.4 Å². The fourth-order valence-corrected chi connectivity index (χ4v) is 3.52. The molecule has 1 heterocycles. The first kappa shape index (κ1) is 17.1. The van der Waals surface area contributed by atoms with E-state index < -0.39 is 5.97 Å². The number of nitrogens with zero attached hydrogens (tertiary/aromatic N) is 1. The molecular weight excluding hydrogens is 284 g/mol. The van der Waals surface area contributed by atoms with Gasteiger partial charge in [0.1, 0.15) is 0 Å². The van der Waals surface area contributed by atoms with Crippen molar-refractivity contribution in [2.45, 2.75) is 58.1 Å². The first-order valence-electron chi connectivity index (χ1n) is 8.41. The van der Waals surface area contributed by atoms with E-state index in [-0.39, 0.29) is 24.1 Å². The lowest BCUT2D eigenvalue weighted by atomic mass is 9.86. The van der Waals surface area contributed by atoms with Gasteiger partial charge >= 0.3 is 12.0 Å². The first-order valence-corrected chi connectivity index (χ1v) is 8.41. The predicted molar refractivity (Wildman–Crippen MR) is 82.7 cm³/mol. The van der Waals surface area contributed by atoms with Gasteiger partial charge in [0, 0.05) is 31.7 Å². The largest absolute Gasteiger partial charge is 0.481 e. The molecule has 1 saturated heterocycles. The van der Waals surface area contributed by atoms with Crippen LogP contribution in [-0.4, -0.2) is 53.8 Å². The number of carboxylic acids is 1. The van der Waals surface area contributed by atoms with Crippen LogP contribution in [0.2, 0.25) is 0 Å². The van der Waals surface area contributed by atoms with Crippen LogP contribution >= 0.6 is 0 Å². The van der Waals surface area contributed by atoms with Crippen molar-refractivity contribution in [1.29, 1.82) is 0 Å². The number of hydrogen-bond donors (Lipinski definition) is 2. The van der Waals surface area contributed by atoms with Crippen LogP contribution in [0.3, 0.4) is 0 Å². The van der Waals surface area contributed by atoms with Crippen LogP contribution in [-0.2, 0) is 9.53 Å². The number of amides is 2. The van der Waals surface area contributed by atoms with Crippen LogP contribution in [0.25, 0.3) is 0 Å². The Balaban J connectivity index is 1.75. The van der Waals surface area contributed by atoms with E-state index in [2.05, 4.69) is 12.2 Å². The number of rotatable bonds is 4. The molecule has 1 aliphatic heterocycles. The molecule has 0 aromatic rings. The van der Waals surface area contributed by atoms with Gasteiger partial charge < -0.3 is 20.1 Å². The average Bonchev–Trinajstić information content (AvgIpc) is 2.50. The summed E-state index contributed by atoms with van der Waals surface area (Å²) in [5.41, 5.74) is 0. The van der Waals surface area contributed by atoms with Crippen LogP contribution in [0.5, 0.6) is 0 Å². The summed E-state index contributed by atoms with van der Waals surface area (Å²) in [5.74, 6) is -0.603. The molecule has 2 N–H and O–H groups in total. The van der Waals surface area contributed by atoms with Crippen LogP contribution in [0, 0.1) is 11.8 Å². The van der Waals surface area contributed by atoms with Crippen LogP contribution in [0.4, 0.5) is 4.79 Å². The summed E-state index contributed by atoms with van der Waals surface area (Å²) in [5, 5.41) is 12.1. The van der Waals surface area contributed by atoms with Gasteiger partial charge in [-0.15, -0.1) is 0 Å². The van der Waals surface area contributed by atoms with Crippen molar-refractivity contribution in [3.05, 3.63) is 0 Å². The van der Waals surface area contributed by atoms with E-state index in [4.69, 9.17) is 9.84 Å². The molecule has 0 spiro atoms. The lowest BCUT2D eigenvalue weighted by molar-refractivity contribution is -0.142. The number of hydrogen-bond acceptors (Lipinski definition) is 3. The minimum Gasteiger partial charge on any atom is -0.481 e. The number of aliphatic carboxylic acids is 1. The number of likely N-dealkylation sites (tertiary alicyclic amines) is 1. The van der Waals surface area contributed by atoms with Gasteiger partial charge in [-0.05, 0) is 39.0 Å². The van der Waals surface area contributed by atoms with E-state index in [9.17, 15) is 9.59 Å². The van der Waals surface area contributed by atoms with Crippen molar-refractivity contribution in [3.63, 3.8) is 0 Å². The van der Waals surface area contributed by atoms with Gasteiger partial charge in [-0.1, -0.05) is 6.92 Å². The molecule has 6 nitrogen and oxygen atoms in total. The van der Waals surface area contributed by atoms with Gasteiger partial charge in [0.25, 0.3) is 0 Å². The van der Waals surface area contributed by atoms with Gasteiger partial charge in [0.05, 0.1) is 12.0 Å². The second-order valence-electron chi connectivity index (χ2n) is 6.54. The smallest absolute Gasteiger partial charge is 0.317 e. The second kappa shape index (κ2) is 7.81. The zero-order chi connectivity index (χ0) is 16.1. The van der Waals surface area contributed by atoms with E-state index in [0.29, 0.717) is 25.4 Å². The molecule has 1 saturated carbocycles. The molecule has 2 amide bonds. The third-order valence-electron chi connectivity index (χ3n) is 4.90. The maximum Gasteiger partial charge on any atom is 0.317 e. The predicted octanol–water partition coefficient (Wildman–Crippen LogP) is 2.09. The molecule has 6 heteroatoms. The molecule has 2 rings (SSSR count). The molecule has 2 atom stereocenters. The Morgan fingerprint density at radius 2 is 1.91 bits per heavy atom. The number of urea groups is 1. The number of nitrogens with one attached hydrogen (secondary N) is 1.